The Morgan fingerprint density at radius 1 is 1.07 bits per heavy atom. The Morgan fingerprint density at radius 2 is 1.73 bits per heavy atom. The first kappa shape index (κ1) is 9.45. The molecule has 2 aromatic heterocycles. The van der Waals surface area contributed by atoms with E-state index in [0.717, 1.165) is 6.20 Å². The second-order valence-electron chi connectivity index (χ2n) is 2.92. The van der Waals surface area contributed by atoms with E-state index in [-0.39, 0.29) is 11.3 Å². The highest BCUT2D eigenvalue weighted by atomic mass is 19.1. The fourth-order valence-corrected chi connectivity index (χ4v) is 1.22. The number of aromatic nitrogens is 2. The highest BCUT2D eigenvalue weighted by Crippen LogP contribution is 2.11. The molecule has 2 aromatic rings. The molecule has 0 aliphatic rings. The lowest BCUT2D eigenvalue weighted by molar-refractivity contribution is 0.103. The molecule has 0 bridgehead atoms. The van der Waals surface area contributed by atoms with Crippen molar-refractivity contribution < 1.29 is 9.18 Å². The smallest absolute Gasteiger partial charge is 0.196 e. The summed E-state index contributed by atoms with van der Waals surface area (Å²) in [7, 11) is 0. The summed E-state index contributed by atoms with van der Waals surface area (Å²) in [6.45, 7) is 0. The molecule has 4 heteroatoms. The summed E-state index contributed by atoms with van der Waals surface area (Å²) < 4.78 is 13.2. The number of hydrogen-bond donors (Lipinski definition) is 0. The minimum absolute atomic E-state index is 0.0243. The molecular formula is C11H7FN2O. The number of ketones is 1. The lowest BCUT2D eigenvalue weighted by Gasteiger charge is -2.00. The van der Waals surface area contributed by atoms with Crippen LogP contribution in [0.15, 0.2) is 43.0 Å². The van der Waals surface area contributed by atoms with Crippen LogP contribution in [0.2, 0.25) is 0 Å². The second kappa shape index (κ2) is 3.96. The molecule has 0 fully saturated rings. The standard InChI is InChI=1S/C11H7FN2O/c12-10-7-14-6-3-9(10)11(15)8-1-4-13-5-2-8/h1-7H. The van der Waals surface area contributed by atoms with E-state index in [1.54, 1.807) is 12.1 Å². The van der Waals surface area contributed by atoms with Gasteiger partial charge in [0.1, 0.15) is 0 Å². The number of nitrogens with zero attached hydrogens (tertiary/aromatic N) is 2. The summed E-state index contributed by atoms with van der Waals surface area (Å²) in [5.41, 5.74) is 0.436. The molecule has 0 saturated carbocycles. The Labute approximate surface area is 85.6 Å². The van der Waals surface area contributed by atoms with Gasteiger partial charge in [0, 0.05) is 24.2 Å². The van der Waals surface area contributed by atoms with Gasteiger partial charge in [-0.2, -0.15) is 0 Å². The molecule has 0 aromatic carbocycles. The normalized spacial score (nSPS) is 9.93. The third-order valence-electron chi connectivity index (χ3n) is 1.96. The number of hydrogen-bond acceptors (Lipinski definition) is 3. The van der Waals surface area contributed by atoms with Crippen LogP contribution in [0, 0.1) is 5.82 Å². The number of carbonyl (C=O) groups is 1. The zero-order valence-electron chi connectivity index (χ0n) is 7.72. The maximum absolute atomic E-state index is 13.2. The molecule has 2 heterocycles. The quantitative estimate of drug-likeness (QED) is 0.698. The minimum Gasteiger partial charge on any atom is -0.288 e. The zero-order chi connectivity index (χ0) is 10.7. The third kappa shape index (κ3) is 1.88. The summed E-state index contributed by atoms with van der Waals surface area (Å²) in [5.74, 6) is -0.975. The van der Waals surface area contributed by atoms with Crippen LogP contribution in [-0.2, 0) is 0 Å². The van der Waals surface area contributed by atoms with E-state index < -0.39 is 5.82 Å². The van der Waals surface area contributed by atoms with Gasteiger partial charge in [-0.15, -0.1) is 0 Å². The molecule has 0 aliphatic heterocycles. The van der Waals surface area contributed by atoms with Crippen LogP contribution in [0.4, 0.5) is 4.39 Å². The van der Waals surface area contributed by atoms with Crippen molar-refractivity contribution in [2.24, 2.45) is 0 Å². The van der Waals surface area contributed by atoms with E-state index in [1.165, 1.54) is 24.7 Å². The van der Waals surface area contributed by atoms with Crippen LogP contribution in [-0.4, -0.2) is 15.8 Å². The van der Waals surface area contributed by atoms with Gasteiger partial charge in [0.25, 0.3) is 0 Å². The number of halogens is 1. The molecule has 0 spiro atoms. The maximum Gasteiger partial charge on any atom is 0.196 e. The highest BCUT2D eigenvalue weighted by molar-refractivity contribution is 6.08. The molecule has 2 rings (SSSR count). The zero-order valence-corrected chi connectivity index (χ0v) is 7.72. The lowest BCUT2D eigenvalue weighted by atomic mass is 10.1. The van der Waals surface area contributed by atoms with E-state index in [0.29, 0.717) is 5.56 Å². The van der Waals surface area contributed by atoms with Gasteiger partial charge in [-0.25, -0.2) is 4.39 Å². The molecule has 0 atom stereocenters. The first-order chi connectivity index (χ1) is 7.29. The van der Waals surface area contributed by atoms with Gasteiger partial charge in [-0.05, 0) is 18.2 Å². The molecule has 74 valence electrons. The van der Waals surface area contributed by atoms with Crippen molar-refractivity contribution >= 4 is 5.78 Å². The number of pyridine rings is 2. The topological polar surface area (TPSA) is 42.9 Å². The van der Waals surface area contributed by atoms with Crippen molar-refractivity contribution in [2.75, 3.05) is 0 Å². The fourth-order valence-electron chi connectivity index (χ4n) is 1.22. The van der Waals surface area contributed by atoms with Crippen molar-refractivity contribution in [1.82, 2.24) is 9.97 Å². The summed E-state index contributed by atoms with van der Waals surface area (Å²) in [6.07, 6.45) is 5.39. The summed E-state index contributed by atoms with van der Waals surface area (Å²) in [4.78, 5) is 19.1. The van der Waals surface area contributed by atoms with E-state index in [2.05, 4.69) is 9.97 Å². The third-order valence-corrected chi connectivity index (χ3v) is 1.96. The van der Waals surface area contributed by atoms with Crippen molar-refractivity contribution in [3.63, 3.8) is 0 Å². The van der Waals surface area contributed by atoms with Gasteiger partial charge in [-0.3, -0.25) is 14.8 Å². The van der Waals surface area contributed by atoms with Crippen LogP contribution >= 0.6 is 0 Å². The van der Waals surface area contributed by atoms with Gasteiger partial charge in [0.15, 0.2) is 11.6 Å². The molecule has 0 radical (unpaired) electrons. The average Bonchev–Trinajstić information content (AvgIpc) is 2.30. The average molecular weight is 202 g/mol. The minimum atomic E-state index is -0.612. The molecule has 0 N–H and O–H groups in total. The summed E-state index contributed by atoms with van der Waals surface area (Å²) in [5, 5.41) is 0. The van der Waals surface area contributed by atoms with E-state index in [1.807, 2.05) is 0 Å². The summed E-state index contributed by atoms with van der Waals surface area (Å²) >= 11 is 0. The highest BCUT2D eigenvalue weighted by Gasteiger charge is 2.12. The van der Waals surface area contributed by atoms with E-state index in [9.17, 15) is 9.18 Å². The van der Waals surface area contributed by atoms with Crippen LogP contribution in [0.1, 0.15) is 15.9 Å². The first-order valence-electron chi connectivity index (χ1n) is 4.33. The molecule has 0 amide bonds. The molecule has 3 nitrogen and oxygen atoms in total. The monoisotopic (exact) mass is 202 g/mol. The van der Waals surface area contributed by atoms with E-state index >= 15 is 0 Å². The largest absolute Gasteiger partial charge is 0.288 e. The van der Waals surface area contributed by atoms with Crippen molar-refractivity contribution in [3.05, 3.63) is 59.9 Å². The van der Waals surface area contributed by atoms with Crippen molar-refractivity contribution in [1.29, 1.82) is 0 Å². The Morgan fingerprint density at radius 3 is 2.40 bits per heavy atom. The van der Waals surface area contributed by atoms with Crippen LogP contribution < -0.4 is 0 Å². The second-order valence-corrected chi connectivity index (χ2v) is 2.92. The number of carbonyl (C=O) groups excluding carboxylic acids is 1. The van der Waals surface area contributed by atoms with Gasteiger partial charge >= 0.3 is 0 Å². The van der Waals surface area contributed by atoms with Gasteiger partial charge < -0.3 is 0 Å². The predicted octanol–water partition coefficient (Wildman–Crippen LogP) is 1.85. The van der Waals surface area contributed by atoms with Gasteiger partial charge in [-0.1, -0.05) is 0 Å². The van der Waals surface area contributed by atoms with Gasteiger partial charge in [0.2, 0.25) is 0 Å². The Bertz CT molecular complexity index is 485. The van der Waals surface area contributed by atoms with Crippen molar-refractivity contribution in [3.8, 4) is 0 Å². The fraction of sp³-hybridized carbons (Fsp3) is 0. The van der Waals surface area contributed by atoms with Crippen LogP contribution in [0.5, 0.6) is 0 Å². The van der Waals surface area contributed by atoms with Crippen molar-refractivity contribution in [2.45, 2.75) is 0 Å². The maximum atomic E-state index is 13.2. The Balaban J connectivity index is 2.42. The SMILES string of the molecule is O=C(c1ccncc1)c1ccncc1F. The molecule has 0 saturated heterocycles. The lowest BCUT2D eigenvalue weighted by Crippen LogP contribution is -2.04. The molecular weight excluding hydrogens is 195 g/mol. The van der Waals surface area contributed by atoms with Crippen LogP contribution in [0.25, 0.3) is 0 Å². The first-order valence-corrected chi connectivity index (χ1v) is 4.33. The number of rotatable bonds is 2. The Kier molecular flexibility index (Phi) is 2.49. The molecule has 0 unspecified atom stereocenters. The molecule has 15 heavy (non-hydrogen) atoms. The Hall–Kier alpha value is -2.10. The van der Waals surface area contributed by atoms with Crippen LogP contribution in [0.3, 0.4) is 0 Å². The summed E-state index contributed by atoms with van der Waals surface area (Å²) in [6, 6.07) is 4.45. The predicted molar refractivity (Wildman–Crippen MR) is 51.9 cm³/mol. The molecule has 0 aliphatic carbocycles. The van der Waals surface area contributed by atoms with Gasteiger partial charge in [0.05, 0.1) is 11.8 Å². The van der Waals surface area contributed by atoms with E-state index in [4.69, 9.17) is 0 Å².